The molecule has 1 saturated heterocycles. The van der Waals surface area contributed by atoms with Gasteiger partial charge in [-0.1, -0.05) is 0 Å². The van der Waals surface area contributed by atoms with Crippen LogP contribution in [0.3, 0.4) is 0 Å². The Balaban J connectivity index is 2.53. The molecule has 2 rings (SSSR count). The highest BCUT2D eigenvalue weighted by molar-refractivity contribution is 6.06. The Labute approximate surface area is 119 Å². The molecule has 0 atom stereocenters. The van der Waals surface area contributed by atoms with Gasteiger partial charge < -0.3 is 10.3 Å². The Hall–Kier alpha value is -2.75. The number of carbonyl (C=O) groups is 2. The molecule has 0 aromatic carbocycles. The van der Waals surface area contributed by atoms with Gasteiger partial charge in [-0.05, 0) is 13.8 Å². The van der Waals surface area contributed by atoms with E-state index in [0.717, 1.165) is 6.07 Å². The maximum Gasteiger partial charge on any atom is 0.276 e. The zero-order valence-corrected chi connectivity index (χ0v) is 11.4. The lowest BCUT2D eigenvalue weighted by Crippen LogP contribution is -2.64. The first kappa shape index (κ1) is 14.7. The Morgan fingerprint density at radius 2 is 2.14 bits per heavy atom. The van der Waals surface area contributed by atoms with Crippen LogP contribution in [-0.4, -0.2) is 33.8 Å². The van der Waals surface area contributed by atoms with Crippen molar-refractivity contribution in [1.29, 1.82) is 0 Å². The molecule has 1 fully saturated rings. The number of pyridine rings is 1. The molecule has 0 spiro atoms. The van der Waals surface area contributed by atoms with Gasteiger partial charge in [0.05, 0.1) is 23.6 Å². The van der Waals surface area contributed by atoms with Crippen molar-refractivity contribution in [2.75, 3.05) is 16.9 Å². The summed E-state index contributed by atoms with van der Waals surface area (Å²) in [5.41, 5.74) is 0.894. The van der Waals surface area contributed by atoms with Crippen LogP contribution in [0.5, 0.6) is 0 Å². The summed E-state index contributed by atoms with van der Waals surface area (Å²) in [4.78, 5) is 39.2. The van der Waals surface area contributed by atoms with Crippen molar-refractivity contribution in [3.05, 3.63) is 22.2 Å². The molecule has 0 radical (unpaired) electrons. The second-order valence-corrected chi connectivity index (χ2v) is 4.99. The SMILES string of the molecule is CC1(C)C(=O)NC(=O)CN1c1cc([N+](=O)[O-])cc(NN)n1. The van der Waals surface area contributed by atoms with E-state index in [4.69, 9.17) is 5.84 Å². The summed E-state index contributed by atoms with van der Waals surface area (Å²) in [5.74, 6) is 4.41. The monoisotopic (exact) mass is 294 g/mol. The molecular formula is C11H14N6O4. The standard InChI is InChI=1S/C11H14N6O4/c1-11(2)10(19)14-9(18)5-16(11)8-4-6(17(20)21)3-7(13-8)15-12/h3-4H,5,12H2,1-2H3,(H,13,15)(H,14,18,19). The van der Waals surface area contributed by atoms with Gasteiger partial charge in [0.1, 0.15) is 17.2 Å². The molecular weight excluding hydrogens is 280 g/mol. The van der Waals surface area contributed by atoms with E-state index in [9.17, 15) is 19.7 Å². The van der Waals surface area contributed by atoms with E-state index in [0.29, 0.717) is 0 Å². The van der Waals surface area contributed by atoms with Crippen LogP contribution in [0.15, 0.2) is 12.1 Å². The van der Waals surface area contributed by atoms with Crippen LogP contribution in [0.1, 0.15) is 13.8 Å². The molecule has 1 aliphatic rings. The number of nitrogens with two attached hydrogens (primary N) is 1. The summed E-state index contributed by atoms with van der Waals surface area (Å²) in [7, 11) is 0. The van der Waals surface area contributed by atoms with Crippen LogP contribution >= 0.6 is 0 Å². The molecule has 0 saturated carbocycles. The van der Waals surface area contributed by atoms with E-state index in [1.54, 1.807) is 13.8 Å². The summed E-state index contributed by atoms with van der Waals surface area (Å²) in [5, 5.41) is 13.2. The number of hydrogen-bond acceptors (Lipinski definition) is 8. The fourth-order valence-electron chi connectivity index (χ4n) is 1.97. The second kappa shape index (κ2) is 4.98. The molecule has 2 amide bonds. The number of nitrogen functional groups attached to an aromatic ring is 1. The lowest BCUT2D eigenvalue weighted by Gasteiger charge is -2.40. The first-order valence-corrected chi connectivity index (χ1v) is 6.00. The van der Waals surface area contributed by atoms with E-state index >= 15 is 0 Å². The zero-order chi connectivity index (χ0) is 15.8. The van der Waals surface area contributed by atoms with Gasteiger partial charge in [0.15, 0.2) is 0 Å². The topological polar surface area (TPSA) is 143 Å². The van der Waals surface area contributed by atoms with Gasteiger partial charge in [0.25, 0.3) is 11.6 Å². The van der Waals surface area contributed by atoms with Crippen LogP contribution in [0.4, 0.5) is 17.3 Å². The Bertz CT molecular complexity index is 629. The van der Waals surface area contributed by atoms with Crippen molar-refractivity contribution >= 4 is 29.1 Å². The summed E-state index contributed by atoms with van der Waals surface area (Å²) in [6, 6.07) is 2.34. The van der Waals surface area contributed by atoms with Gasteiger partial charge in [-0.25, -0.2) is 10.8 Å². The third kappa shape index (κ3) is 2.60. The van der Waals surface area contributed by atoms with E-state index in [1.165, 1.54) is 11.0 Å². The molecule has 4 N–H and O–H groups in total. The summed E-state index contributed by atoms with van der Waals surface area (Å²) in [6.07, 6.45) is 0. The average molecular weight is 294 g/mol. The minimum absolute atomic E-state index is 0.0634. The second-order valence-electron chi connectivity index (χ2n) is 4.99. The number of nitro groups is 1. The Morgan fingerprint density at radius 3 is 2.71 bits per heavy atom. The molecule has 0 bridgehead atoms. The van der Waals surface area contributed by atoms with Crippen molar-refractivity contribution in [2.45, 2.75) is 19.4 Å². The molecule has 112 valence electrons. The van der Waals surface area contributed by atoms with E-state index in [2.05, 4.69) is 15.7 Å². The highest BCUT2D eigenvalue weighted by Gasteiger charge is 2.42. The molecule has 1 aromatic heterocycles. The molecule has 2 heterocycles. The number of nitrogens with one attached hydrogen (secondary N) is 2. The Morgan fingerprint density at radius 1 is 1.48 bits per heavy atom. The van der Waals surface area contributed by atoms with Crippen LogP contribution in [0, 0.1) is 10.1 Å². The smallest absolute Gasteiger partial charge is 0.276 e. The number of hydrogen-bond donors (Lipinski definition) is 3. The quantitative estimate of drug-likeness (QED) is 0.293. The predicted octanol–water partition coefficient (Wildman–Crippen LogP) is -0.483. The Kier molecular flexibility index (Phi) is 3.47. The van der Waals surface area contributed by atoms with Crippen molar-refractivity contribution < 1.29 is 14.5 Å². The first-order valence-electron chi connectivity index (χ1n) is 6.00. The van der Waals surface area contributed by atoms with Gasteiger partial charge in [-0.15, -0.1) is 0 Å². The number of hydrazine groups is 1. The molecule has 10 nitrogen and oxygen atoms in total. The first-order chi connectivity index (χ1) is 9.75. The number of carbonyl (C=O) groups excluding carboxylic acids is 2. The molecule has 10 heteroatoms. The summed E-state index contributed by atoms with van der Waals surface area (Å²) < 4.78 is 0. The minimum atomic E-state index is -1.08. The van der Waals surface area contributed by atoms with Crippen LogP contribution in [0.2, 0.25) is 0 Å². The highest BCUT2D eigenvalue weighted by atomic mass is 16.6. The number of rotatable bonds is 3. The van der Waals surface area contributed by atoms with Crippen LogP contribution < -0.4 is 21.5 Å². The summed E-state index contributed by atoms with van der Waals surface area (Å²) >= 11 is 0. The third-order valence-electron chi connectivity index (χ3n) is 3.22. The van der Waals surface area contributed by atoms with Crippen LogP contribution in [-0.2, 0) is 9.59 Å². The summed E-state index contributed by atoms with van der Waals surface area (Å²) in [6.45, 7) is 3.03. The number of amides is 2. The molecule has 0 aliphatic carbocycles. The predicted molar refractivity (Wildman–Crippen MR) is 73.3 cm³/mol. The van der Waals surface area contributed by atoms with Crippen molar-refractivity contribution in [3.8, 4) is 0 Å². The lowest BCUT2D eigenvalue weighted by atomic mass is 9.98. The fraction of sp³-hybridized carbons (Fsp3) is 0.364. The van der Waals surface area contributed by atoms with Crippen molar-refractivity contribution in [1.82, 2.24) is 10.3 Å². The van der Waals surface area contributed by atoms with E-state index < -0.39 is 22.3 Å². The lowest BCUT2D eigenvalue weighted by molar-refractivity contribution is -0.384. The van der Waals surface area contributed by atoms with Crippen molar-refractivity contribution in [2.24, 2.45) is 5.84 Å². The maximum absolute atomic E-state index is 11.9. The molecule has 1 aliphatic heterocycles. The highest BCUT2D eigenvalue weighted by Crippen LogP contribution is 2.29. The van der Waals surface area contributed by atoms with Gasteiger partial charge in [-0.3, -0.25) is 25.0 Å². The third-order valence-corrected chi connectivity index (χ3v) is 3.22. The molecule has 0 unspecified atom stereocenters. The average Bonchev–Trinajstić information content (AvgIpc) is 2.42. The van der Waals surface area contributed by atoms with Crippen molar-refractivity contribution in [3.63, 3.8) is 0 Å². The minimum Gasteiger partial charge on any atom is -0.333 e. The normalized spacial score (nSPS) is 17.4. The number of imide groups is 1. The van der Waals surface area contributed by atoms with Gasteiger partial charge >= 0.3 is 0 Å². The number of anilines is 2. The number of nitrogens with zero attached hydrogens (tertiary/aromatic N) is 3. The van der Waals surface area contributed by atoms with E-state index in [1.807, 2.05) is 0 Å². The largest absolute Gasteiger partial charge is 0.333 e. The van der Waals surface area contributed by atoms with Gasteiger partial charge in [-0.2, -0.15) is 0 Å². The van der Waals surface area contributed by atoms with E-state index in [-0.39, 0.29) is 23.9 Å². The fourth-order valence-corrected chi connectivity index (χ4v) is 1.97. The zero-order valence-electron chi connectivity index (χ0n) is 11.4. The maximum atomic E-state index is 11.9. The molecule has 21 heavy (non-hydrogen) atoms. The number of aromatic nitrogens is 1. The number of piperazine rings is 1. The molecule has 1 aromatic rings. The van der Waals surface area contributed by atoms with Gasteiger partial charge in [0, 0.05) is 0 Å². The van der Waals surface area contributed by atoms with Crippen LogP contribution in [0.25, 0.3) is 0 Å². The van der Waals surface area contributed by atoms with Gasteiger partial charge in [0.2, 0.25) is 5.91 Å².